The smallest absolute Gasteiger partial charge is 0.261 e. The molecule has 0 radical (unpaired) electrons. The third-order valence-corrected chi connectivity index (χ3v) is 5.35. The van der Waals surface area contributed by atoms with Crippen LogP contribution in [0.4, 0.5) is 5.69 Å². The summed E-state index contributed by atoms with van der Waals surface area (Å²) in [7, 11) is -3.62. The van der Waals surface area contributed by atoms with Crippen molar-refractivity contribution in [1.29, 1.82) is 0 Å². The largest absolute Gasteiger partial charge is 0.276 e. The van der Waals surface area contributed by atoms with Gasteiger partial charge in [0.1, 0.15) is 0 Å². The molecule has 0 amide bonds. The molecular formula is C20H23N3O2S. The molecule has 26 heavy (non-hydrogen) atoms. The maximum atomic E-state index is 12.6. The zero-order valence-corrected chi connectivity index (χ0v) is 15.8. The predicted octanol–water partition coefficient (Wildman–Crippen LogP) is 3.93. The van der Waals surface area contributed by atoms with Gasteiger partial charge in [0, 0.05) is 6.20 Å². The Balaban J connectivity index is 1.69. The van der Waals surface area contributed by atoms with E-state index in [1.54, 1.807) is 23.0 Å². The zero-order valence-electron chi connectivity index (χ0n) is 15.0. The van der Waals surface area contributed by atoms with E-state index in [-0.39, 0.29) is 4.90 Å². The van der Waals surface area contributed by atoms with Crippen LogP contribution in [-0.2, 0) is 23.0 Å². The molecule has 0 aliphatic rings. The van der Waals surface area contributed by atoms with Crippen LogP contribution in [0.15, 0.2) is 71.9 Å². The Morgan fingerprint density at radius 3 is 2.35 bits per heavy atom. The number of hydrogen-bond acceptors (Lipinski definition) is 3. The first kappa shape index (κ1) is 18.2. The van der Waals surface area contributed by atoms with Gasteiger partial charge in [0.15, 0.2) is 0 Å². The van der Waals surface area contributed by atoms with E-state index in [1.165, 1.54) is 6.20 Å². The van der Waals surface area contributed by atoms with Crippen LogP contribution in [0.3, 0.4) is 0 Å². The standard InChI is InChI=1S/C20H23N3O2S/c1-16(2)12-17-8-10-20(11-9-17)26(24,25)22-19-13-21-23(15-19)14-18-6-4-3-5-7-18/h3-11,13,15-16,22H,12,14H2,1-2H3. The molecule has 0 fully saturated rings. The summed E-state index contributed by atoms with van der Waals surface area (Å²) in [5.74, 6) is 0.533. The van der Waals surface area contributed by atoms with Gasteiger partial charge in [-0.2, -0.15) is 5.10 Å². The highest BCUT2D eigenvalue weighted by atomic mass is 32.2. The van der Waals surface area contributed by atoms with E-state index in [4.69, 9.17) is 0 Å². The topological polar surface area (TPSA) is 64.0 Å². The summed E-state index contributed by atoms with van der Waals surface area (Å²) in [6.45, 7) is 4.87. The molecule has 3 aromatic rings. The Labute approximate surface area is 154 Å². The summed E-state index contributed by atoms with van der Waals surface area (Å²) in [5, 5.41) is 4.23. The molecule has 6 heteroatoms. The number of benzene rings is 2. The normalized spacial score (nSPS) is 11.7. The number of anilines is 1. The van der Waals surface area contributed by atoms with Crippen molar-refractivity contribution >= 4 is 15.7 Å². The van der Waals surface area contributed by atoms with E-state index in [2.05, 4.69) is 23.7 Å². The van der Waals surface area contributed by atoms with Gasteiger partial charge in [0.2, 0.25) is 0 Å². The third kappa shape index (κ3) is 4.73. The highest BCUT2D eigenvalue weighted by Crippen LogP contribution is 2.18. The molecule has 0 atom stereocenters. The molecule has 1 N–H and O–H groups in total. The molecule has 2 aromatic carbocycles. The van der Waals surface area contributed by atoms with Crippen molar-refractivity contribution in [2.45, 2.75) is 31.7 Å². The SMILES string of the molecule is CC(C)Cc1ccc(S(=O)(=O)Nc2cnn(Cc3ccccc3)c2)cc1. The van der Waals surface area contributed by atoms with Gasteiger partial charge in [-0.1, -0.05) is 56.3 Å². The Morgan fingerprint density at radius 1 is 1.00 bits per heavy atom. The van der Waals surface area contributed by atoms with Crippen molar-refractivity contribution in [2.24, 2.45) is 5.92 Å². The highest BCUT2D eigenvalue weighted by molar-refractivity contribution is 7.92. The molecule has 0 unspecified atom stereocenters. The Hall–Kier alpha value is -2.60. The molecular weight excluding hydrogens is 346 g/mol. The van der Waals surface area contributed by atoms with E-state index in [1.807, 2.05) is 42.5 Å². The Bertz CT molecular complexity index is 946. The number of hydrogen-bond donors (Lipinski definition) is 1. The number of sulfonamides is 1. The van der Waals surface area contributed by atoms with E-state index in [9.17, 15) is 8.42 Å². The van der Waals surface area contributed by atoms with Crippen LogP contribution in [0.25, 0.3) is 0 Å². The molecule has 0 aliphatic heterocycles. The molecule has 0 saturated heterocycles. The maximum absolute atomic E-state index is 12.6. The number of nitrogens with zero attached hydrogens (tertiary/aromatic N) is 2. The average molecular weight is 369 g/mol. The molecule has 0 spiro atoms. The molecule has 1 aromatic heterocycles. The van der Waals surface area contributed by atoms with Crippen molar-refractivity contribution in [2.75, 3.05) is 4.72 Å². The van der Waals surface area contributed by atoms with E-state index >= 15 is 0 Å². The van der Waals surface area contributed by atoms with Crippen LogP contribution in [0.1, 0.15) is 25.0 Å². The van der Waals surface area contributed by atoms with Crippen molar-refractivity contribution in [3.8, 4) is 0 Å². The van der Waals surface area contributed by atoms with Crippen molar-refractivity contribution in [3.05, 3.63) is 78.1 Å². The summed E-state index contributed by atoms with van der Waals surface area (Å²) in [5.41, 5.74) is 2.69. The first-order valence-electron chi connectivity index (χ1n) is 8.60. The van der Waals surface area contributed by atoms with Gasteiger partial charge < -0.3 is 0 Å². The van der Waals surface area contributed by atoms with Gasteiger partial charge in [0.05, 0.1) is 23.3 Å². The summed E-state index contributed by atoms with van der Waals surface area (Å²) in [6, 6.07) is 16.9. The molecule has 1 heterocycles. The lowest BCUT2D eigenvalue weighted by molar-refractivity contribution is 0.601. The number of rotatable bonds is 7. The van der Waals surface area contributed by atoms with Gasteiger partial charge in [-0.3, -0.25) is 9.40 Å². The van der Waals surface area contributed by atoms with Crippen molar-refractivity contribution in [1.82, 2.24) is 9.78 Å². The van der Waals surface area contributed by atoms with E-state index in [0.717, 1.165) is 17.5 Å². The highest BCUT2D eigenvalue weighted by Gasteiger charge is 2.15. The molecule has 3 rings (SSSR count). The molecule has 0 bridgehead atoms. The quantitative estimate of drug-likeness (QED) is 0.686. The Kier molecular flexibility index (Phi) is 5.42. The van der Waals surface area contributed by atoms with Crippen LogP contribution < -0.4 is 4.72 Å². The van der Waals surface area contributed by atoms with Gasteiger partial charge in [-0.05, 0) is 35.6 Å². The first-order valence-corrected chi connectivity index (χ1v) is 10.1. The fourth-order valence-corrected chi connectivity index (χ4v) is 3.79. The minimum atomic E-state index is -3.62. The second-order valence-corrected chi connectivity index (χ2v) is 8.44. The third-order valence-electron chi connectivity index (χ3n) is 3.95. The maximum Gasteiger partial charge on any atom is 0.261 e. The van der Waals surface area contributed by atoms with Gasteiger partial charge in [0.25, 0.3) is 10.0 Å². The lowest BCUT2D eigenvalue weighted by atomic mass is 10.0. The van der Waals surface area contributed by atoms with Crippen LogP contribution in [0.2, 0.25) is 0 Å². The monoisotopic (exact) mass is 369 g/mol. The van der Waals surface area contributed by atoms with Crippen LogP contribution in [0.5, 0.6) is 0 Å². The second-order valence-electron chi connectivity index (χ2n) is 6.76. The van der Waals surface area contributed by atoms with Gasteiger partial charge in [-0.15, -0.1) is 0 Å². The number of nitrogens with one attached hydrogen (secondary N) is 1. The number of aromatic nitrogens is 2. The van der Waals surface area contributed by atoms with Crippen LogP contribution in [-0.4, -0.2) is 18.2 Å². The summed E-state index contributed by atoms with van der Waals surface area (Å²) < 4.78 is 29.4. The van der Waals surface area contributed by atoms with Crippen LogP contribution >= 0.6 is 0 Å². The van der Waals surface area contributed by atoms with E-state index < -0.39 is 10.0 Å². The van der Waals surface area contributed by atoms with Crippen molar-refractivity contribution in [3.63, 3.8) is 0 Å². The minimum absolute atomic E-state index is 0.251. The average Bonchev–Trinajstić information content (AvgIpc) is 3.02. The summed E-state index contributed by atoms with van der Waals surface area (Å²) in [4.78, 5) is 0.251. The molecule has 0 saturated carbocycles. The van der Waals surface area contributed by atoms with Crippen LogP contribution in [0, 0.1) is 5.92 Å². The minimum Gasteiger partial charge on any atom is -0.276 e. The lowest BCUT2D eigenvalue weighted by Crippen LogP contribution is -2.12. The van der Waals surface area contributed by atoms with Crippen molar-refractivity contribution < 1.29 is 8.42 Å². The fourth-order valence-electron chi connectivity index (χ4n) is 2.76. The fraction of sp³-hybridized carbons (Fsp3) is 0.250. The molecule has 136 valence electrons. The first-order chi connectivity index (χ1) is 12.4. The summed E-state index contributed by atoms with van der Waals surface area (Å²) >= 11 is 0. The second kappa shape index (κ2) is 7.74. The van der Waals surface area contributed by atoms with Gasteiger partial charge in [-0.25, -0.2) is 8.42 Å². The molecule has 0 aliphatic carbocycles. The van der Waals surface area contributed by atoms with E-state index in [0.29, 0.717) is 18.2 Å². The zero-order chi connectivity index (χ0) is 18.6. The lowest BCUT2D eigenvalue weighted by Gasteiger charge is -2.08. The predicted molar refractivity (Wildman–Crippen MR) is 104 cm³/mol. The summed E-state index contributed by atoms with van der Waals surface area (Å²) in [6.07, 6.45) is 4.14. The molecule has 5 nitrogen and oxygen atoms in total. The van der Waals surface area contributed by atoms with Gasteiger partial charge >= 0.3 is 0 Å². The Morgan fingerprint density at radius 2 is 1.69 bits per heavy atom.